The van der Waals surface area contributed by atoms with Gasteiger partial charge in [-0.25, -0.2) is 0 Å². The lowest BCUT2D eigenvalue weighted by molar-refractivity contribution is 0.363. The average Bonchev–Trinajstić information content (AvgIpc) is 2.49. The summed E-state index contributed by atoms with van der Waals surface area (Å²) in [6, 6.07) is 16.4. The zero-order valence-electron chi connectivity index (χ0n) is 11.4. The molecule has 0 unspecified atom stereocenters. The van der Waals surface area contributed by atoms with Crippen LogP contribution in [0.4, 0.5) is 0 Å². The lowest BCUT2D eigenvalue weighted by atomic mass is 10.1. The van der Waals surface area contributed by atoms with Gasteiger partial charge in [-0.2, -0.15) is 0 Å². The van der Waals surface area contributed by atoms with E-state index in [2.05, 4.69) is 40.2 Å². The molecule has 0 spiro atoms. The van der Waals surface area contributed by atoms with E-state index in [4.69, 9.17) is 4.74 Å². The van der Waals surface area contributed by atoms with Crippen LogP contribution in [0.5, 0.6) is 5.75 Å². The van der Waals surface area contributed by atoms with E-state index in [1.165, 1.54) is 11.1 Å². The Morgan fingerprint density at radius 2 is 1.50 bits per heavy atom. The van der Waals surface area contributed by atoms with Crippen LogP contribution in [0.3, 0.4) is 0 Å². The van der Waals surface area contributed by atoms with Crippen molar-refractivity contribution in [2.24, 2.45) is 0 Å². The first-order chi connectivity index (χ1) is 9.79. The molecule has 0 aliphatic rings. The Morgan fingerprint density at radius 3 is 2.10 bits per heavy atom. The van der Waals surface area contributed by atoms with Crippen molar-refractivity contribution in [2.45, 2.75) is 6.92 Å². The first kappa shape index (κ1) is 14.6. The molecule has 0 saturated carbocycles. The third kappa shape index (κ3) is 4.39. The highest BCUT2D eigenvalue weighted by Gasteiger charge is 1.98. The number of allylic oxidation sites excluding steroid dienone is 3. The summed E-state index contributed by atoms with van der Waals surface area (Å²) in [7, 11) is 0. The minimum Gasteiger partial charge on any atom is -0.490 e. The lowest BCUT2D eigenvalue weighted by Gasteiger charge is -2.05. The maximum atomic E-state index is 5.63. The van der Waals surface area contributed by atoms with Gasteiger partial charge in [0.2, 0.25) is 0 Å². The van der Waals surface area contributed by atoms with Crippen molar-refractivity contribution >= 4 is 15.9 Å². The van der Waals surface area contributed by atoms with E-state index in [9.17, 15) is 0 Å². The fraction of sp³-hybridized carbons (Fsp3) is 0.111. The molecule has 2 aromatic rings. The van der Waals surface area contributed by atoms with E-state index in [1.807, 2.05) is 55.5 Å². The van der Waals surface area contributed by atoms with E-state index in [1.54, 1.807) is 0 Å². The van der Waals surface area contributed by atoms with Crippen molar-refractivity contribution in [3.63, 3.8) is 0 Å². The van der Waals surface area contributed by atoms with Gasteiger partial charge in [0.25, 0.3) is 0 Å². The number of hydrogen-bond acceptors (Lipinski definition) is 1. The van der Waals surface area contributed by atoms with Gasteiger partial charge >= 0.3 is 0 Å². The van der Waals surface area contributed by atoms with Crippen LogP contribution in [0.15, 0.2) is 77.3 Å². The number of hydrogen-bond donors (Lipinski definition) is 0. The van der Waals surface area contributed by atoms with Crippen LogP contribution in [0.1, 0.15) is 6.92 Å². The summed E-state index contributed by atoms with van der Waals surface area (Å²) in [6.45, 7) is 2.58. The van der Waals surface area contributed by atoms with Crippen LogP contribution in [-0.2, 0) is 0 Å². The Labute approximate surface area is 128 Å². The molecule has 0 atom stereocenters. The molecular weight excluding hydrogens is 312 g/mol. The third-order valence-corrected chi connectivity index (χ3v) is 3.35. The van der Waals surface area contributed by atoms with Crippen molar-refractivity contribution in [1.29, 1.82) is 0 Å². The van der Waals surface area contributed by atoms with Crippen molar-refractivity contribution in [3.05, 3.63) is 77.3 Å². The van der Waals surface area contributed by atoms with Crippen molar-refractivity contribution in [2.75, 3.05) is 6.61 Å². The van der Waals surface area contributed by atoms with Crippen LogP contribution < -0.4 is 4.74 Å². The van der Waals surface area contributed by atoms with E-state index in [0.29, 0.717) is 6.61 Å². The molecule has 20 heavy (non-hydrogen) atoms. The van der Waals surface area contributed by atoms with Crippen LogP contribution in [-0.4, -0.2) is 6.61 Å². The predicted octanol–water partition coefficient (Wildman–Crippen LogP) is 5.63. The molecule has 2 rings (SSSR count). The molecule has 102 valence electrons. The monoisotopic (exact) mass is 328 g/mol. The fourth-order valence-corrected chi connectivity index (χ4v) is 2.04. The highest BCUT2D eigenvalue weighted by molar-refractivity contribution is 9.10. The Bertz CT molecular complexity index is 580. The minimum atomic E-state index is 0.585. The van der Waals surface area contributed by atoms with Crippen LogP contribution in [0, 0.1) is 0 Å². The Hall–Kier alpha value is -1.80. The van der Waals surface area contributed by atoms with Gasteiger partial charge in [-0.05, 0) is 48.4 Å². The van der Waals surface area contributed by atoms with Gasteiger partial charge in [-0.15, -0.1) is 0 Å². The van der Waals surface area contributed by atoms with Gasteiger partial charge in [0.05, 0.1) is 0 Å². The Kier molecular flexibility index (Phi) is 5.63. The molecular formula is C18H17BrO. The summed E-state index contributed by atoms with van der Waals surface area (Å²) in [4.78, 5) is 0. The van der Waals surface area contributed by atoms with Crippen LogP contribution >= 0.6 is 15.9 Å². The molecule has 0 N–H and O–H groups in total. The fourth-order valence-electron chi connectivity index (χ4n) is 1.78. The van der Waals surface area contributed by atoms with Gasteiger partial charge in [0.15, 0.2) is 0 Å². The molecule has 0 heterocycles. The van der Waals surface area contributed by atoms with Crippen molar-refractivity contribution in [1.82, 2.24) is 0 Å². The van der Waals surface area contributed by atoms with E-state index >= 15 is 0 Å². The predicted molar refractivity (Wildman–Crippen MR) is 89.0 cm³/mol. The topological polar surface area (TPSA) is 9.23 Å². The molecule has 0 fully saturated rings. The lowest BCUT2D eigenvalue weighted by Crippen LogP contribution is -1.92. The SMILES string of the molecule is CC=CC=CCOc1ccc(-c2ccc(Br)cc2)cc1. The minimum absolute atomic E-state index is 0.585. The van der Waals surface area contributed by atoms with E-state index < -0.39 is 0 Å². The zero-order chi connectivity index (χ0) is 14.2. The van der Waals surface area contributed by atoms with Crippen LogP contribution in [0.25, 0.3) is 11.1 Å². The molecule has 0 aromatic heterocycles. The highest BCUT2D eigenvalue weighted by atomic mass is 79.9. The normalized spacial score (nSPS) is 11.3. The smallest absolute Gasteiger partial charge is 0.119 e. The van der Waals surface area contributed by atoms with Gasteiger partial charge < -0.3 is 4.74 Å². The molecule has 0 aliphatic carbocycles. The van der Waals surface area contributed by atoms with Gasteiger partial charge in [0, 0.05) is 4.47 Å². The number of ether oxygens (including phenoxy) is 1. The van der Waals surface area contributed by atoms with Gasteiger partial charge in [-0.3, -0.25) is 0 Å². The zero-order valence-corrected chi connectivity index (χ0v) is 13.0. The number of benzene rings is 2. The quantitative estimate of drug-likeness (QED) is 0.646. The van der Waals surface area contributed by atoms with E-state index in [0.717, 1.165) is 10.2 Å². The summed E-state index contributed by atoms with van der Waals surface area (Å²) in [5.41, 5.74) is 2.39. The maximum absolute atomic E-state index is 5.63. The second-order valence-electron chi connectivity index (χ2n) is 4.30. The molecule has 0 radical (unpaired) electrons. The highest BCUT2D eigenvalue weighted by Crippen LogP contribution is 2.24. The average molecular weight is 329 g/mol. The summed E-state index contributed by atoms with van der Waals surface area (Å²) < 4.78 is 6.73. The summed E-state index contributed by atoms with van der Waals surface area (Å²) in [5.74, 6) is 0.885. The second kappa shape index (κ2) is 7.71. The molecule has 0 amide bonds. The summed E-state index contributed by atoms with van der Waals surface area (Å²) in [5, 5.41) is 0. The molecule has 0 saturated heterocycles. The standard InChI is InChI=1S/C18H17BrO/c1-2-3-4-5-14-20-18-12-8-16(9-13-18)15-6-10-17(19)11-7-15/h2-13H,14H2,1H3. The largest absolute Gasteiger partial charge is 0.490 e. The summed E-state index contributed by atoms with van der Waals surface area (Å²) in [6.07, 6.45) is 7.95. The van der Waals surface area contributed by atoms with E-state index in [-0.39, 0.29) is 0 Å². The molecule has 1 nitrogen and oxygen atoms in total. The van der Waals surface area contributed by atoms with Crippen molar-refractivity contribution in [3.8, 4) is 16.9 Å². The second-order valence-corrected chi connectivity index (χ2v) is 5.21. The first-order valence-electron chi connectivity index (χ1n) is 6.56. The molecule has 2 aromatic carbocycles. The van der Waals surface area contributed by atoms with Crippen molar-refractivity contribution < 1.29 is 4.74 Å². The number of halogens is 1. The first-order valence-corrected chi connectivity index (χ1v) is 7.35. The third-order valence-electron chi connectivity index (χ3n) is 2.82. The Balaban J connectivity index is 1.97. The molecule has 2 heteroatoms. The number of rotatable bonds is 5. The van der Waals surface area contributed by atoms with Gasteiger partial charge in [0.1, 0.15) is 12.4 Å². The maximum Gasteiger partial charge on any atom is 0.119 e. The summed E-state index contributed by atoms with van der Waals surface area (Å²) >= 11 is 3.44. The van der Waals surface area contributed by atoms with Crippen LogP contribution in [0.2, 0.25) is 0 Å². The van der Waals surface area contributed by atoms with Gasteiger partial charge in [-0.1, -0.05) is 58.4 Å². The molecule has 0 bridgehead atoms. The molecule has 0 aliphatic heterocycles. The Morgan fingerprint density at radius 1 is 0.900 bits per heavy atom.